The maximum atomic E-state index is 13.4. The first-order chi connectivity index (χ1) is 9.06. The van der Waals surface area contributed by atoms with Gasteiger partial charge >= 0.3 is 5.97 Å². The van der Waals surface area contributed by atoms with Gasteiger partial charge in [-0.15, -0.1) is 11.8 Å². The monoisotopic (exact) mass is 280 g/mol. The quantitative estimate of drug-likeness (QED) is 0.861. The molecule has 98 valence electrons. The van der Waals surface area contributed by atoms with E-state index in [-0.39, 0.29) is 5.56 Å². The molecule has 0 atom stereocenters. The third-order valence-corrected chi connectivity index (χ3v) is 3.57. The first-order valence-corrected chi connectivity index (χ1v) is 6.45. The second-order valence-corrected chi connectivity index (χ2v) is 4.90. The third kappa shape index (κ3) is 3.54. The molecule has 19 heavy (non-hydrogen) atoms. The van der Waals surface area contributed by atoms with Crippen LogP contribution in [0.2, 0.25) is 0 Å². The molecule has 1 N–H and O–H groups in total. The summed E-state index contributed by atoms with van der Waals surface area (Å²) in [5, 5.41) is 8.75. The topological polar surface area (TPSA) is 37.3 Å². The summed E-state index contributed by atoms with van der Waals surface area (Å²) in [7, 11) is 0. The lowest BCUT2D eigenvalue weighted by molar-refractivity contribution is 0.0697. The predicted octanol–water partition coefficient (Wildman–Crippen LogP) is 3.96. The van der Waals surface area contributed by atoms with Crippen molar-refractivity contribution in [3.63, 3.8) is 0 Å². The van der Waals surface area contributed by atoms with E-state index in [1.165, 1.54) is 36.0 Å². The second-order valence-electron chi connectivity index (χ2n) is 3.85. The zero-order valence-electron chi connectivity index (χ0n) is 9.77. The third-order valence-electron chi connectivity index (χ3n) is 2.51. The van der Waals surface area contributed by atoms with E-state index >= 15 is 0 Å². The van der Waals surface area contributed by atoms with Gasteiger partial charge in [0.05, 0.1) is 5.56 Å². The van der Waals surface area contributed by atoms with Gasteiger partial charge in [0.1, 0.15) is 11.6 Å². The van der Waals surface area contributed by atoms with Gasteiger partial charge in [-0.3, -0.25) is 0 Å². The Morgan fingerprint density at radius 2 is 1.79 bits per heavy atom. The van der Waals surface area contributed by atoms with Crippen LogP contribution in [0.15, 0.2) is 47.4 Å². The smallest absolute Gasteiger partial charge is 0.335 e. The van der Waals surface area contributed by atoms with Crippen molar-refractivity contribution in [2.45, 2.75) is 10.6 Å². The Hall–Kier alpha value is -1.88. The number of benzene rings is 2. The van der Waals surface area contributed by atoms with E-state index in [1.54, 1.807) is 12.1 Å². The molecule has 0 radical (unpaired) electrons. The summed E-state index contributed by atoms with van der Waals surface area (Å²) >= 11 is 1.36. The summed E-state index contributed by atoms with van der Waals surface area (Å²) < 4.78 is 26.1. The standard InChI is InChI=1S/C14H10F2O2S/c15-11-4-1-10(13(16)7-11)8-19-12-5-2-9(3-6-12)14(17)18/h1-7H,8H2,(H,17,18). The predicted molar refractivity (Wildman–Crippen MR) is 69.3 cm³/mol. The Kier molecular flexibility index (Phi) is 4.16. The zero-order chi connectivity index (χ0) is 13.8. The molecular weight excluding hydrogens is 270 g/mol. The molecule has 0 bridgehead atoms. The molecule has 0 spiro atoms. The molecule has 2 aromatic rings. The minimum absolute atomic E-state index is 0.206. The maximum Gasteiger partial charge on any atom is 0.335 e. The fourth-order valence-corrected chi connectivity index (χ4v) is 2.38. The molecule has 0 aliphatic heterocycles. The van der Waals surface area contributed by atoms with Gasteiger partial charge in [-0.05, 0) is 35.9 Å². The molecule has 0 fully saturated rings. The zero-order valence-corrected chi connectivity index (χ0v) is 10.6. The van der Waals surface area contributed by atoms with Crippen molar-refractivity contribution in [3.8, 4) is 0 Å². The van der Waals surface area contributed by atoms with Gasteiger partial charge in [0.25, 0.3) is 0 Å². The Morgan fingerprint density at radius 1 is 1.11 bits per heavy atom. The van der Waals surface area contributed by atoms with Crippen molar-refractivity contribution in [1.82, 2.24) is 0 Å². The minimum atomic E-state index is -0.985. The van der Waals surface area contributed by atoms with Crippen LogP contribution in [0.1, 0.15) is 15.9 Å². The molecule has 0 saturated carbocycles. The highest BCUT2D eigenvalue weighted by Crippen LogP contribution is 2.24. The number of rotatable bonds is 4. The molecule has 0 amide bonds. The van der Waals surface area contributed by atoms with Crippen LogP contribution in [0.25, 0.3) is 0 Å². The van der Waals surface area contributed by atoms with Crippen molar-refractivity contribution in [2.24, 2.45) is 0 Å². The van der Waals surface area contributed by atoms with Crippen molar-refractivity contribution >= 4 is 17.7 Å². The fourth-order valence-electron chi connectivity index (χ4n) is 1.49. The molecule has 0 aliphatic rings. The van der Waals surface area contributed by atoms with E-state index in [0.717, 1.165) is 11.0 Å². The summed E-state index contributed by atoms with van der Waals surface area (Å²) in [5.41, 5.74) is 0.617. The first kappa shape index (κ1) is 13.5. The highest BCUT2D eigenvalue weighted by Gasteiger charge is 2.06. The molecular formula is C14H10F2O2S. The Balaban J connectivity index is 2.04. The summed E-state index contributed by atoms with van der Waals surface area (Å²) in [4.78, 5) is 11.5. The summed E-state index contributed by atoms with van der Waals surface area (Å²) in [6, 6.07) is 9.78. The second kappa shape index (κ2) is 5.84. The van der Waals surface area contributed by atoms with Gasteiger partial charge in [0.2, 0.25) is 0 Å². The number of thioether (sulfide) groups is 1. The number of aromatic carboxylic acids is 1. The van der Waals surface area contributed by atoms with Crippen molar-refractivity contribution in [2.75, 3.05) is 0 Å². The average molecular weight is 280 g/mol. The Bertz CT molecular complexity index is 597. The van der Waals surface area contributed by atoms with Gasteiger partial charge in [-0.2, -0.15) is 0 Å². The number of carbonyl (C=O) groups is 1. The molecule has 2 nitrogen and oxygen atoms in total. The minimum Gasteiger partial charge on any atom is -0.478 e. The van der Waals surface area contributed by atoms with Crippen LogP contribution < -0.4 is 0 Å². The highest BCUT2D eigenvalue weighted by atomic mass is 32.2. The van der Waals surface area contributed by atoms with Gasteiger partial charge in [0, 0.05) is 16.7 Å². The van der Waals surface area contributed by atoms with Crippen LogP contribution >= 0.6 is 11.8 Å². The molecule has 0 unspecified atom stereocenters. The lowest BCUT2D eigenvalue weighted by Crippen LogP contribution is -1.95. The van der Waals surface area contributed by atoms with Crippen molar-refractivity contribution in [1.29, 1.82) is 0 Å². The van der Waals surface area contributed by atoms with Gasteiger partial charge < -0.3 is 5.11 Å². The van der Waals surface area contributed by atoms with E-state index in [1.807, 2.05) is 0 Å². The molecule has 5 heteroatoms. The van der Waals surface area contributed by atoms with E-state index in [4.69, 9.17) is 5.11 Å². The van der Waals surface area contributed by atoms with Gasteiger partial charge in [0.15, 0.2) is 0 Å². The summed E-state index contributed by atoms with van der Waals surface area (Å²) in [5.74, 6) is -1.80. The Labute approximate surface area is 113 Å². The van der Waals surface area contributed by atoms with Gasteiger partial charge in [-0.1, -0.05) is 6.07 Å². The van der Waals surface area contributed by atoms with Crippen molar-refractivity contribution < 1.29 is 18.7 Å². The number of carboxylic acid groups (broad SMARTS) is 1. The van der Waals surface area contributed by atoms with Gasteiger partial charge in [-0.25, -0.2) is 13.6 Å². The SMILES string of the molecule is O=C(O)c1ccc(SCc2ccc(F)cc2F)cc1. The molecule has 0 saturated heterocycles. The van der Waals surface area contributed by atoms with Crippen LogP contribution in [0.5, 0.6) is 0 Å². The van der Waals surface area contributed by atoms with Crippen LogP contribution in [-0.4, -0.2) is 11.1 Å². The van der Waals surface area contributed by atoms with Crippen LogP contribution in [0, 0.1) is 11.6 Å². The van der Waals surface area contributed by atoms with E-state index in [9.17, 15) is 13.6 Å². The molecule has 0 aromatic heterocycles. The summed E-state index contributed by atoms with van der Waals surface area (Å²) in [6.07, 6.45) is 0. The lowest BCUT2D eigenvalue weighted by atomic mass is 10.2. The molecule has 2 aromatic carbocycles. The molecule has 0 heterocycles. The largest absolute Gasteiger partial charge is 0.478 e. The average Bonchev–Trinajstić information content (AvgIpc) is 2.38. The van der Waals surface area contributed by atoms with E-state index < -0.39 is 17.6 Å². The Morgan fingerprint density at radius 3 is 2.37 bits per heavy atom. The molecule has 0 aliphatic carbocycles. The number of hydrogen-bond donors (Lipinski definition) is 1. The first-order valence-electron chi connectivity index (χ1n) is 5.46. The van der Waals surface area contributed by atoms with Crippen molar-refractivity contribution in [3.05, 3.63) is 65.2 Å². The van der Waals surface area contributed by atoms with Crippen LogP contribution in [-0.2, 0) is 5.75 Å². The fraction of sp³-hybridized carbons (Fsp3) is 0.0714. The van der Waals surface area contributed by atoms with Crippen LogP contribution in [0.3, 0.4) is 0 Å². The number of carboxylic acids is 1. The van der Waals surface area contributed by atoms with Crippen LogP contribution in [0.4, 0.5) is 8.78 Å². The van der Waals surface area contributed by atoms with E-state index in [0.29, 0.717) is 11.3 Å². The lowest BCUT2D eigenvalue weighted by Gasteiger charge is -2.04. The number of hydrogen-bond acceptors (Lipinski definition) is 2. The molecule has 2 rings (SSSR count). The summed E-state index contributed by atoms with van der Waals surface area (Å²) in [6.45, 7) is 0. The normalized spacial score (nSPS) is 10.4. The van der Waals surface area contributed by atoms with E-state index in [2.05, 4.69) is 0 Å². The maximum absolute atomic E-state index is 13.4. The highest BCUT2D eigenvalue weighted by molar-refractivity contribution is 7.98. The number of halogens is 2.